The minimum atomic E-state index is 0.282. The topological polar surface area (TPSA) is 35.5 Å². The molecule has 0 radical (unpaired) electrons. The number of rotatable bonds is 9. The highest BCUT2D eigenvalue weighted by molar-refractivity contribution is 5.18. The number of nitrogens with one attached hydrogen (secondary N) is 1. The Bertz CT molecular complexity index is 303. The third-order valence-corrected chi connectivity index (χ3v) is 3.36. The van der Waals surface area contributed by atoms with Crippen molar-refractivity contribution < 1.29 is 5.11 Å². The Hall–Kier alpha value is -0.900. The van der Waals surface area contributed by atoms with Gasteiger partial charge in [0.1, 0.15) is 0 Å². The van der Waals surface area contributed by atoms with Crippen LogP contribution in [0.25, 0.3) is 0 Å². The Morgan fingerprint density at radius 3 is 2.50 bits per heavy atom. The summed E-state index contributed by atoms with van der Waals surface area (Å²) in [5, 5.41) is 12.3. The summed E-state index contributed by atoms with van der Waals surface area (Å²) in [6.45, 7) is 5.55. The van der Waals surface area contributed by atoms with Crippen LogP contribution in [0.1, 0.15) is 31.4 Å². The second-order valence-corrected chi connectivity index (χ2v) is 4.55. The quantitative estimate of drug-likeness (QED) is 0.704. The van der Waals surface area contributed by atoms with E-state index in [1.807, 2.05) is 7.05 Å². The van der Waals surface area contributed by atoms with Gasteiger partial charge in [-0.2, -0.15) is 0 Å². The maximum atomic E-state index is 8.87. The van der Waals surface area contributed by atoms with Crippen molar-refractivity contribution in [2.45, 2.75) is 25.8 Å². The second kappa shape index (κ2) is 9.09. The molecule has 0 saturated heterocycles. The molecule has 0 spiro atoms. The van der Waals surface area contributed by atoms with Crippen molar-refractivity contribution in [3.63, 3.8) is 0 Å². The first-order chi connectivity index (χ1) is 8.81. The Kier molecular flexibility index (Phi) is 7.65. The van der Waals surface area contributed by atoms with E-state index in [0.717, 1.165) is 32.5 Å². The molecule has 0 heterocycles. The highest BCUT2D eigenvalue weighted by atomic mass is 16.3. The second-order valence-electron chi connectivity index (χ2n) is 4.55. The van der Waals surface area contributed by atoms with E-state index in [1.165, 1.54) is 5.56 Å². The molecule has 0 bridgehead atoms. The molecule has 1 aromatic rings. The van der Waals surface area contributed by atoms with E-state index in [-0.39, 0.29) is 6.61 Å². The van der Waals surface area contributed by atoms with Gasteiger partial charge in [0.25, 0.3) is 0 Å². The summed E-state index contributed by atoms with van der Waals surface area (Å²) in [6.07, 6.45) is 1.96. The number of hydrogen-bond acceptors (Lipinski definition) is 3. The fraction of sp³-hybridized carbons (Fsp3) is 0.600. The number of aliphatic hydroxyl groups is 1. The van der Waals surface area contributed by atoms with Crippen LogP contribution in [0.15, 0.2) is 30.3 Å². The molecule has 102 valence electrons. The monoisotopic (exact) mass is 250 g/mol. The molecule has 1 rings (SSSR count). The average Bonchev–Trinajstić information content (AvgIpc) is 2.44. The van der Waals surface area contributed by atoms with E-state index in [1.54, 1.807) is 0 Å². The molecule has 0 aromatic heterocycles. The van der Waals surface area contributed by atoms with Crippen molar-refractivity contribution in [1.82, 2.24) is 10.2 Å². The van der Waals surface area contributed by atoms with Crippen LogP contribution in [0.2, 0.25) is 0 Å². The summed E-state index contributed by atoms with van der Waals surface area (Å²) >= 11 is 0. The van der Waals surface area contributed by atoms with Crippen LogP contribution >= 0.6 is 0 Å². The van der Waals surface area contributed by atoms with Crippen molar-refractivity contribution in [3.05, 3.63) is 35.9 Å². The van der Waals surface area contributed by atoms with Crippen LogP contribution < -0.4 is 5.32 Å². The number of aliphatic hydroxyl groups excluding tert-OH is 1. The van der Waals surface area contributed by atoms with E-state index >= 15 is 0 Å². The minimum Gasteiger partial charge on any atom is -0.396 e. The standard InChI is InChI=1S/C15H26N2O/c1-3-17(11-7-13-18)12-10-15(16-2)14-8-5-4-6-9-14/h4-6,8-9,15-16,18H,3,7,10-13H2,1-2H3. The predicted molar refractivity (Wildman–Crippen MR) is 76.7 cm³/mol. The lowest BCUT2D eigenvalue weighted by atomic mass is 10.0. The number of nitrogens with zero attached hydrogens (tertiary/aromatic N) is 1. The van der Waals surface area contributed by atoms with Crippen LogP contribution in [0.4, 0.5) is 0 Å². The van der Waals surface area contributed by atoms with Crippen molar-refractivity contribution >= 4 is 0 Å². The third-order valence-electron chi connectivity index (χ3n) is 3.36. The molecule has 3 nitrogen and oxygen atoms in total. The van der Waals surface area contributed by atoms with Crippen molar-refractivity contribution in [2.24, 2.45) is 0 Å². The maximum absolute atomic E-state index is 8.87. The number of benzene rings is 1. The minimum absolute atomic E-state index is 0.282. The average molecular weight is 250 g/mol. The lowest BCUT2D eigenvalue weighted by molar-refractivity contribution is 0.223. The van der Waals surface area contributed by atoms with Gasteiger partial charge in [-0.25, -0.2) is 0 Å². The third kappa shape index (κ3) is 5.17. The summed E-state index contributed by atoms with van der Waals surface area (Å²) in [6, 6.07) is 11.0. The molecule has 1 atom stereocenters. The van der Waals surface area contributed by atoms with E-state index in [9.17, 15) is 0 Å². The van der Waals surface area contributed by atoms with E-state index < -0.39 is 0 Å². The molecule has 2 N–H and O–H groups in total. The smallest absolute Gasteiger partial charge is 0.0443 e. The van der Waals surface area contributed by atoms with Crippen LogP contribution in [-0.2, 0) is 0 Å². The van der Waals surface area contributed by atoms with Gasteiger partial charge in [0, 0.05) is 19.2 Å². The molecule has 0 amide bonds. The van der Waals surface area contributed by atoms with Gasteiger partial charge in [0.2, 0.25) is 0 Å². The highest BCUT2D eigenvalue weighted by Crippen LogP contribution is 2.16. The molecular formula is C15H26N2O. The fourth-order valence-corrected chi connectivity index (χ4v) is 2.20. The first-order valence-corrected chi connectivity index (χ1v) is 6.87. The van der Waals surface area contributed by atoms with E-state index in [2.05, 4.69) is 47.5 Å². The van der Waals surface area contributed by atoms with Gasteiger partial charge >= 0.3 is 0 Å². The summed E-state index contributed by atoms with van der Waals surface area (Å²) in [7, 11) is 2.02. The molecule has 1 unspecified atom stereocenters. The Morgan fingerprint density at radius 1 is 1.22 bits per heavy atom. The lowest BCUT2D eigenvalue weighted by Crippen LogP contribution is -2.29. The van der Waals surface area contributed by atoms with Gasteiger partial charge in [-0.15, -0.1) is 0 Å². The molecule has 0 fully saturated rings. The zero-order valence-electron chi connectivity index (χ0n) is 11.6. The Balaban J connectivity index is 2.43. The predicted octanol–water partition coefficient (Wildman–Crippen LogP) is 2.04. The molecule has 0 aliphatic carbocycles. The normalized spacial score (nSPS) is 12.9. The largest absolute Gasteiger partial charge is 0.396 e. The number of hydrogen-bond donors (Lipinski definition) is 2. The van der Waals surface area contributed by atoms with Gasteiger partial charge in [-0.05, 0) is 38.5 Å². The Labute approximate surface area is 111 Å². The molecule has 1 aromatic carbocycles. The fourth-order valence-electron chi connectivity index (χ4n) is 2.20. The SMILES string of the molecule is CCN(CCCO)CCC(NC)c1ccccc1. The summed E-state index contributed by atoms with van der Waals surface area (Å²) < 4.78 is 0. The van der Waals surface area contributed by atoms with Crippen LogP contribution in [-0.4, -0.2) is 43.3 Å². The van der Waals surface area contributed by atoms with Gasteiger partial charge in [0.05, 0.1) is 0 Å². The summed E-state index contributed by atoms with van der Waals surface area (Å²) in [5.41, 5.74) is 1.35. The maximum Gasteiger partial charge on any atom is 0.0443 e. The van der Waals surface area contributed by atoms with Gasteiger partial charge < -0.3 is 15.3 Å². The van der Waals surface area contributed by atoms with Gasteiger partial charge in [-0.3, -0.25) is 0 Å². The molecule has 0 aliphatic heterocycles. The first kappa shape index (κ1) is 15.2. The highest BCUT2D eigenvalue weighted by Gasteiger charge is 2.10. The zero-order chi connectivity index (χ0) is 13.2. The van der Waals surface area contributed by atoms with E-state index in [0.29, 0.717) is 6.04 Å². The van der Waals surface area contributed by atoms with Crippen LogP contribution in [0.3, 0.4) is 0 Å². The molecule has 0 saturated carbocycles. The van der Waals surface area contributed by atoms with Gasteiger partial charge in [0.15, 0.2) is 0 Å². The van der Waals surface area contributed by atoms with Crippen LogP contribution in [0.5, 0.6) is 0 Å². The van der Waals surface area contributed by atoms with Crippen molar-refractivity contribution in [3.8, 4) is 0 Å². The molecule has 0 aliphatic rings. The molecule has 3 heteroatoms. The summed E-state index contributed by atoms with van der Waals surface area (Å²) in [4.78, 5) is 2.39. The first-order valence-electron chi connectivity index (χ1n) is 6.87. The summed E-state index contributed by atoms with van der Waals surface area (Å²) in [5.74, 6) is 0. The zero-order valence-corrected chi connectivity index (χ0v) is 11.6. The van der Waals surface area contributed by atoms with Crippen LogP contribution in [0, 0.1) is 0 Å². The van der Waals surface area contributed by atoms with Gasteiger partial charge in [-0.1, -0.05) is 37.3 Å². The molecular weight excluding hydrogens is 224 g/mol. The van der Waals surface area contributed by atoms with Crippen molar-refractivity contribution in [1.29, 1.82) is 0 Å². The molecule has 18 heavy (non-hydrogen) atoms. The van der Waals surface area contributed by atoms with Crippen molar-refractivity contribution in [2.75, 3.05) is 33.3 Å². The Morgan fingerprint density at radius 2 is 1.94 bits per heavy atom. The van der Waals surface area contributed by atoms with E-state index in [4.69, 9.17) is 5.11 Å². The lowest BCUT2D eigenvalue weighted by Gasteiger charge is -2.23.